The van der Waals surface area contributed by atoms with Gasteiger partial charge in [0.2, 0.25) is 5.89 Å². The molecule has 0 radical (unpaired) electrons. The molecule has 0 N–H and O–H groups in total. The standard InChI is InChI=1S/C23H26N4O2/c1-15(2)21-25-22(29-26-21)18-10-13-27(14-11-18)23(28)20-16(3)24-12-9-19(20)17-7-5-4-6-8-17/h4-9,12,15,18H,10-11,13-14H2,1-3H3. The Morgan fingerprint density at radius 2 is 1.86 bits per heavy atom. The molecule has 1 saturated heterocycles. The Balaban J connectivity index is 1.52. The van der Waals surface area contributed by atoms with Crippen molar-refractivity contribution in [2.45, 2.75) is 45.4 Å². The van der Waals surface area contributed by atoms with Gasteiger partial charge >= 0.3 is 0 Å². The number of hydrogen-bond acceptors (Lipinski definition) is 5. The van der Waals surface area contributed by atoms with Crippen molar-refractivity contribution in [3.63, 3.8) is 0 Å². The number of carbonyl (C=O) groups excluding carboxylic acids is 1. The zero-order chi connectivity index (χ0) is 20.4. The van der Waals surface area contributed by atoms with Crippen LogP contribution in [0.5, 0.6) is 0 Å². The van der Waals surface area contributed by atoms with E-state index in [9.17, 15) is 4.79 Å². The van der Waals surface area contributed by atoms with E-state index >= 15 is 0 Å². The maximum absolute atomic E-state index is 13.4. The van der Waals surface area contributed by atoms with Crippen molar-refractivity contribution >= 4 is 5.91 Å². The van der Waals surface area contributed by atoms with Crippen molar-refractivity contribution in [2.75, 3.05) is 13.1 Å². The maximum Gasteiger partial charge on any atom is 0.256 e. The van der Waals surface area contributed by atoms with Crippen molar-refractivity contribution in [2.24, 2.45) is 0 Å². The molecule has 2 aromatic heterocycles. The first-order valence-corrected chi connectivity index (χ1v) is 10.2. The fraction of sp³-hybridized carbons (Fsp3) is 0.391. The Kier molecular flexibility index (Phi) is 5.43. The minimum absolute atomic E-state index is 0.0429. The second-order valence-electron chi connectivity index (χ2n) is 7.90. The van der Waals surface area contributed by atoms with Gasteiger partial charge in [-0.25, -0.2) is 0 Å². The molecular weight excluding hydrogens is 364 g/mol. The average molecular weight is 390 g/mol. The van der Waals surface area contributed by atoms with E-state index in [4.69, 9.17) is 4.52 Å². The fourth-order valence-electron chi connectivity index (χ4n) is 3.83. The minimum atomic E-state index is 0.0429. The van der Waals surface area contributed by atoms with Gasteiger partial charge < -0.3 is 9.42 Å². The van der Waals surface area contributed by atoms with Crippen molar-refractivity contribution in [1.29, 1.82) is 0 Å². The molecule has 0 aliphatic carbocycles. The van der Waals surface area contributed by atoms with Gasteiger partial charge in [0, 0.05) is 31.1 Å². The maximum atomic E-state index is 13.4. The van der Waals surface area contributed by atoms with Crippen LogP contribution in [0.3, 0.4) is 0 Å². The van der Waals surface area contributed by atoms with E-state index in [0.29, 0.717) is 24.5 Å². The predicted octanol–water partition coefficient (Wildman–Crippen LogP) is 4.58. The van der Waals surface area contributed by atoms with E-state index in [2.05, 4.69) is 29.0 Å². The number of aryl methyl sites for hydroxylation is 1. The average Bonchev–Trinajstić information content (AvgIpc) is 3.25. The number of amides is 1. The molecule has 4 rings (SSSR count). The van der Waals surface area contributed by atoms with Crippen LogP contribution in [0, 0.1) is 6.92 Å². The molecule has 0 saturated carbocycles. The third kappa shape index (κ3) is 3.92. The number of carbonyl (C=O) groups is 1. The Morgan fingerprint density at radius 1 is 1.14 bits per heavy atom. The molecule has 3 aromatic rings. The predicted molar refractivity (Wildman–Crippen MR) is 111 cm³/mol. The molecule has 150 valence electrons. The lowest BCUT2D eigenvalue weighted by Crippen LogP contribution is -2.38. The van der Waals surface area contributed by atoms with Crippen molar-refractivity contribution in [3.05, 3.63) is 65.6 Å². The Morgan fingerprint density at radius 3 is 2.52 bits per heavy atom. The first kappa shape index (κ1) is 19.3. The largest absolute Gasteiger partial charge is 0.339 e. The highest BCUT2D eigenvalue weighted by molar-refractivity contribution is 6.01. The summed E-state index contributed by atoms with van der Waals surface area (Å²) in [6.45, 7) is 7.35. The van der Waals surface area contributed by atoms with Crippen molar-refractivity contribution in [1.82, 2.24) is 20.0 Å². The summed E-state index contributed by atoms with van der Waals surface area (Å²) in [6.07, 6.45) is 3.42. The molecule has 0 atom stereocenters. The van der Waals surface area contributed by atoms with Gasteiger partial charge in [0.1, 0.15) is 0 Å². The lowest BCUT2D eigenvalue weighted by Gasteiger charge is -2.31. The van der Waals surface area contributed by atoms with E-state index in [-0.39, 0.29) is 17.7 Å². The second-order valence-corrected chi connectivity index (χ2v) is 7.90. The van der Waals surface area contributed by atoms with Crippen LogP contribution in [-0.4, -0.2) is 39.0 Å². The summed E-state index contributed by atoms with van der Waals surface area (Å²) in [4.78, 5) is 24.2. The summed E-state index contributed by atoms with van der Waals surface area (Å²) in [6, 6.07) is 11.9. The van der Waals surface area contributed by atoms with Gasteiger partial charge in [0.25, 0.3) is 5.91 Å². The number of benzene rings is 1. The Labute approximate surface area is 171 Å². The van der Waals surface area contributed by atoms with Gasteiger partial charge in [0.15, 0.2) is 5.82 Å². The number of nitrogens with zero attached hydrogens (tertiary/aromatic N) is 4. The smallest absolute Gasteiger partial charge is 0.256 e. The molecular formula is C23H26N4O2. The topological polar surface area (TPSA) is 72.1 Å². The molecule has 0 spiro atoms. The molecule has 29 heavy (non-hydrogen) atoms. The van der Waals surface area contributed by atoms with Crippen LogP contribution in [0.4, 0.5) is 0 Å². The molecule has 1 aliphatic rings. The van der Waals surface area contributed by atoms with Crippen LogP contribution in [0.25, 0.3) is 11.1 Å². The van der Waals surface area contributed by atoms with Crippen LogP contribution in [0.1, 0.15) is 66.3 Å². The summed E-state index contributed by atoms with van der Waals surface area (Å²) in [5.74, 6) is 1.95. The van der Waals surface area contributed by atoms with E-state index in [1.165, 1.54) is 0 Å². The molecule has 1 aromatic carbocycles. The van der Waals surface area contributed by atoms with E-state index in [0.717, 1.165) is 35.5 Å². The SMILES string of the molecule is Cc1nccc(-c2ccccc2)c1C(=O)N1CCC(c2nc(C(C)C)no2)CC1. The van der Waals surface area contributed by atoms with Crippen LogP contribution < -0.4 is 0 Å². The summed E-state index contributed by atoms with van der Waals surface area (Å²) < 4.78 is 5.47. The summed E-state index contributed by atoms with van der Waals surface area (Å²) in [5, 5.41) is 4.07. The minimum Gasteiger partial charge on any atom is -0.339 e. The molecule has 3 heterocycles. The molecule has 6 heteroatoms. The van der Waals surface area contributed by atoms with Gasteiger partial charge in [-0.15, -0.1) is 0 Å². The fourth-order valence-corrected chi connectivity index (χ4v) is 3.83. The lowest BCUT2D eigenvalue weighted by molar-refractivity contribution is 0.0704. The summed E-state index contributed by atoms with van der Waals surface area (Å²) in [5.41, 5.74) is 3.42. The Hall–Kier alpha value is -3.02. The van der Waals surface area contributed by atoms with E-state index < -0.39 is 0 Å². The van der Waals surface area contributed by atoms with Gasteiger partial charge in [-0.05, 0) is 37.0 Å². The van der Waals surface area contributed by atoms with Crippen LogP contribution >= 0.6 is 0 Å². The summed E-state index contributed by atoms with van der Waals surface area (Å²) in [7, 11) is 0. The van der Waals surface area contributed by atoms with Gasteiger partial charge in [0.05, 0.1) is 11.3 Å². The second kappa shape index (κ2) is 8.15. The number of pyridine rings is 1. The van der Waals surface area contributed by atoms with Crippen molar-refractivity contribution in [3.8, 4) is 11.1 Å². The number of piperidine rings is 1. The lowest BCUT2D eigenvalue weighted by atomic mass is 9.94. The van der Waals surface area contributed by atoms with Gasteiger partial charge in [-0.1, -0.05) is 49.3 Å². The van der Waals surface area contributed by atoms with Crippen LogP contribution in [0.15, 0.2) is 47.1 Å². The molecule has 0 bridgehead atoms. The number of hydrogen-bond donors (Lipinski definition) is 0. The van der Waals surface area contributed by atoms with Gasteiger partial charge in [-0.2, -0.15) is 4.98 Å². The zero-order valence-electron chi connectivity index (χ0n) is 17.1. The first-order chi connectivity index (χ1) is 14.0. The highest BCUT2D eigenvalue weighted by Crippen LogP contribution is 2.31. The quantitative estimate of drug-likeness (QED) is 0.652. The molecule has 1 fully saturated rings. The van der Waals surface area contributed by atoms with Crippen molar-refractivity contribution < 1.29 is 9.32 Å². The van der Waals surface area contributed by atoms with Crippen LogP contribution in [0.2, 0.25) is 0 Å². The third-order valence-electron chi connectivity index (χ3n) is 5.54. The van der Waals surface area contributed by atoms with E-state index in [1.807, 2.05) is 48.2 Å². The molecule has 1 amide bonds. The van der Waals surface area contributed by atoms with Gasteiger partial charge in [-0.3, -0.25) is 9.78 Å². The summed E-state index contributed by atoms with van der Waals surface area (Å²) >= 11 is 0. The highest BCUT2D eigenvalue weighted by Gasteiger charge is 2.30. The first-order valence-electron chi connectivity index (χ1n) is 10.2. The number of rotatable bonds is 4. The molecule has 1 aliphatic heterocycles. The molecule has 6 nitrogen and oxygen atoms in total. The normalized spacial score (nSPS) is 15.1. The zero-order valence-corrected chi connectivity index (χ0v) is 17.1. The highest BCUT2D eigenvalue weighted by atomic mass is 16.5. The number of aromatic nitrogens is 3. The Bertz CT molecular complexity index is 989. The van der Waals surface area contributed by atoms with E-state index in [1.54, 1.807) is 6.20 Å². The number of likely N-dealkylation sites (tertiary alicyclic amines) is 1. The molecule has 0 unspecified atom stereocenters. The van der Waals surface area contributed by atoms with Crippen LogP contribution in [-0.2, 0) is 0 Å². The third-order valence-corrected chi connectivity index (χ3v) is 5.54. The monoisotopic (exact) mass is 390 g/mol.